The van der Waals surface area contributed by atoms with E-state index in [1.807, 2.05) is 13.8 Å². The zero-order valence-electron chi connectivity index (χ0n) is 22.7. The first-order chi connectivity index (χ1) is 19.0. The third-order valence-electron chi connectivity index (χ3n) is 9.00. The molecule has 3 heterocycles. The number of aromatic nitrogens is 1. The predicted octanol–water partition coefficient (Wildman–Crippen LogP) is 4.50. The van der Waals surface area contributed by atoms with Gasteiger partial charge in [0.1, 0.15) is 5.82 Å². The monoisotopic (exact) mass is 541 g/mol. The highest BCUT2D eigenvalue weighted by atomic mass is 19.1. The normalized spacial score (nSPS) is 24.0. The third-order valence-corrected chi connectivity index (χ3v) is 9.00. The van der Waals surface area contributed by atoms with Crippen LogP contribution in [0.2, 0.25) is 0 Å². The summed E-state index contributed by atoms with van der Waals surface area (Å²) in [5.41, 5.74) is 0.856. The van der Waals surface area contributed by atoms with Gasteiger partial charge < -0.3 is 5.11 Å². The Morgan fingerprint density at radius 2 is 1.85 bits per heavy atom. The number of halogens is 1. The lowest BCUT2D eigenvalue weighted by Crippen LogP contribution is -2.55. The Morgan fingerprint density at radius 3 is 2.50 bits per heavy atom. The third kappa shape index (κ3) is 4.32. The van der Waals surface area contributed by atoms with Crippen LogP contribution < -0.4 is 10.2 Å². The van der Waals surface area contributed by atoms with Gasteiger partial charge in [0.05, 0.1) is 34.5 Å². The van der Waals surface area contributed by atoms with Crippen molar-refractivity contribution in [2.45, 2.75) is 57.1 Å². The maximum atomic E-state index is 16.2. The number of anilines is 1. The zero-order chi connectivity index (χ0) is 28.3. The Balaban J connectivity index is 1.23. The SMILES string of the molecule is CC1(C)CN(Cc2ccc(C3(C#N)CC3)cc2)CC[C@@]1(O)c1ccc2ncc(N3CCC(=O)NC3=O)cc2c1F. The van der Waals surface area contributed by atoms with Gasteiger partial charge in [0.15, 0.2) is 0 Å². The fourth-order valence-corrected chi connectivity index (χ4v) is 6.27. The number of carbonyl (C=O) groups excluding carboxylic acids is 2. The minimum Gasteiger partial charge on any atom is -0.384 e. The van der Waals surface area contributed by atoms with E-state index in [4.69, 9.17) is 0 Å². The molecule has 6 rings (SSSR count). The zero-order valence-corrected chi connectivity index (χ0v) is 22.7. The first-order valence-electron chi connectivity index (χ1n) is 13.7. The molecule has 3 amide bonds. The van der Waals surface area contributed by atoms with Crippen molar-refractivity contribution in [2.24, 2.45) is 5.41 Å². The fraction of sp³-hybridized carbons (Fsp3) is 0.419. The number of piperidine rings is 1. The highest BCUT2D eigenvalue weighted by molar-refractivity contribution is 6.06. The Bertz CT molecular complexity index is 1560. The average Bonchev–Trinajstić information content (AvgIpc) is 3.73. The molecule has 0 bridgehead atoms. The first-order valence-corrected chi connectivity index (χ1v) is 13.7. The largest absolute Gasteiger partial charge is 0.384 e. The van der Waals surface area contributed by atoms with Gasteiger partial charge in [-0.05, 0) is 42.5 Å². The van der Waals surface area contributed by atoms with Crippen LogP contribution in [0, 0.1) is 22.6 Å². The molecular weight excluding hydrogens is 509 g/mol. The van der Waals surface area contributed by atoms with E-state index >= 15 is 4.39 Å². The lowest BCUT2D eigenvalue weighted by Gasteiger charge is -2.50. The molecule has 2 aliphatic heterocycles. The van der Waals surface area contributed by atoms with Gasteiger partial charge in [-0.15, -0.1) is 0 Å². The Hall–Kier alpha value is -3.87. The summed E-state index contributed by atoms with van der Waals surface area (Å²) >= 11 is 0. The molecule has 0 spiro atoms. The van der Waals surface area contributed by atoms with Crippen molar-refractivity contribution in [3.63, 3.8) is 0 Å². The first kappa shape index (κ1) is 26.4. The van der Waals surface area contributed by atoms with Crippen LogP contribution in [-0.2, 0) is 22.4 Å². The molecule has 2 aromatic carbocycles. The highest BCUT2D eigenvalue weighted by Gasteiger charge is 2.50. The molecule has 1 atom stereocenters. The molecule has 3 fully saturated rings. The van der Waals surface area contributed by atoms with E-state index in [0.29, 0.717) is 37.3 Å². The number of pyridine rings is 1. The molecule has 0 radical (unpaired) electrons. The van der Waals surface area contributed by atoms with Gasteiger partial charge in [-0.1, -0.05) is 44.2 Å². The fourth-order valence-electron chi connectivity index (χ4n) is 6.27. The number of imide groups is 1. The molecule has 206 valence electrons. The summed E-state index contributed by atoms with van der Waals surface area (Å²) in [6.45, 7) is 5.95. The van der Waals surface area contributed by atoms with E-state index in [1.165, 1.54) is 11.1 Å². The van der Waals surface area contributed by atoms with Crippen molar-refractivity contribution in [3.05, 3.63) is 71.2 Å². The lowest BCUT2D eigenvalue weighted by molar-refractivity contribution is -0.128. The van der Waals surface area contributed by atoms with Crippen LogP contribution in [-0.4, -0.2) is 46.6 Å². The molecule has 40 heavy (non-hydrogen) atoms. The van der Waals surface area contributed by atoms with Gasteiger partial charge in [0.2, 0.25) is 5.91 Å². The number of benzene rings is 2. The highest BCUT2D eigenvalue weighted by Crippen LogP contribution is 2.49. The molecule has 0 unspecified atom stereocenters. The molecule has 3 aliphatic rings. The van der Waals surface area contributed by atoms with E-state index in [1.54, 1.807) is 18.2 Å². The van der Waals surface area contributed by atoms with E-state index < -0.39 is 22.9 Å². The van der Waals surface area contributed by atoms with Crippen molar-refractivity contribution >= 4 is 28.5 Å². The van der Waals surface area contributed by atoms with Crippen molar-refractivity contribution in [2.75, 3.05) is 24.5 Å². The number of amides is 3. The van der Waals surface area contributed by atoms with E-state index in [2.05, 4.69) is 45.5 Å². The van der Waals surface area contributed by atoms with Crippen molar-refractivity contribution in [1.29, 1.82) is 5.26 Å². The maximum absolute atomic E-state index is 16.2. The van der Waals surface area contributed by atoms with Crippen LogP contribution >= 0.6 is 0 Å². The summed E-state index contributed by atoms with van der Waals surface area (Å²) in [5.74, 6) is -0.895. The quantitative estimate of drug-likeness (QED) is 0.493. The van der Waals surface area contributed by atoms with Crippen LogP contribution in [0.25, 0.3) is 10.9 Å². The molecule has 1 aromatic heterocycles. The van der Waals surface area contributed by atoms with Crippen LogP contribution in [0.3, 0.4) is 0 Å². The summed E-state index contributed by atoms with van der Waals surface area (Å²) in [4.78, 5) is 31.9. The second-order valence-electron chi connectivity index (χ2n) is 12.0. The molecule has 1 saturated carbocycles. The van der Waals surface area contributed by atoms with E-state index in [-0.39, 0.29) is 35.2 Å². The molecule has 1 aliphatic carbocycles. The summed E-state index contributed by atoms with van der Waals surface area (Å²) in [6, 6.07) is 15.0. The number of hydrogen-bond acceptors (Lipinski definition) is 6. The summed E-state index contributed by atoms with van der Waals surface area (Å²) < 4.78 is 16.2. The standard InChI is InChI=1S/C31H32FN5O3/c1-29(2)19-36(17-20-3-5-21(6-4-20)30(18-33)10-11-30)14-12-31(29,40)24-7-8-25-23(27(24)32)15-22(16-34-25)37-13-9-26(38)35-28(37)39/h3-8,15-16,40H,9-14,17,19H2,1-2H3,(H,35,38,39)/t31-/m1/s1. The molecule has 9 heteroatoms. The number of fused-ring (bicyclic) bond motifs is 1. The van der Waals surface area contributed by atoms with Gasteiger partial charge in [-0.3, -0.25) is 24.9 Å². The number of aliphatic hydroxyl groups is 1. The van der Waals surface area contributed by atoms with Gasteiger partial charge in [-0.25, -0.2) is 9.18 Å². The van der Waals surface area contributed by atoms with Gasteiger partial charge >= 0.3 is 6.03 Å². The van der Waals surface area contributed by atoms with Gasteiger partial charge in [-0.2, -0.15) is 5.26 Å². The number of hydrogen-bond donors (Lipinski definition) is 2. The van der Waals surface area contributed by atoms with E-state index in [9.17, 15) is 20.0 Å². The predicted molar refractivity (Wildman–Crippen MR) is 148 cm³/mol. The summed E-state index contributed by atoms with van der Waals surface area (Å²) in [7, 11) is 0. The minimum atomic E-state index is -1.41. The Labute approximate surface area is 232 Å². The summed E-state index contributed by atoms with van der Waals surface area (Å²) in [6.07, 6.45) is 3.83. The summed E-state index contributed by atoms with van der Waals surface area (Å²) in [5, 5.41) is 24.0. The average molecular weight is 542 g/mol. The molecule has 3 aromatic rings. The lowest BCUT2D eigenvalue weighted by atomic mass is 9.66. The molecular formula is C31H32FN5O3. The number of nitrogens with one attached hydrogen (secondary N) is 1. The topological polar surface area (TPSA) is 110 Å². The molecule has 2 saturated heterocycles. The second-order valence-corrected chi connectivity index (χ2v) is 12.0. The van der Waals surface area contributed by atoms with Crippen LogP contribution in [0.15, 0.2) is 48.7 Å². The Kier molecular flexibility index (Phi) is 6.17. The maximum Gasteiger partial charge on any atom is 0.328 e. The number of urea groups is 1. The molecule has 8 nitrogen and oxygen atoms in total. The van der Waals surface area contributed by atoms with Crippen LogP contribution in [0.5, 0.6) is 0 Å². The van der Waals surface area contributed by atoms with E-state index in [0.717, 1.165) is 24.0 Å². The number of rotatable bonds is 5. The Morgan fingerprint density at radius 1 is 1.10 bits per heavy atom. The smallest absolute Gasteiger partial charge is 0.328 e. The van der Waals surface area contributed by atoms with Gasteiger partial charge in [0.25, 0.3) is 0 Å². The minimum absolute atomic E-state index is 0.154. The number of carbonyl (C=O) groups is 2. The van der Waals surface area contributed by atoms with Gasteiger partial charge in [0, 0.05) is 49.0 Å². The van der Waals surface area contributed by atoms with Crippen LogP contribution in [0.1, 0.15) is 56.2 Å². The van der Waals surface area contributed by atoms with Crippen molar-refractivity contribution in [3.8, 4) is 6.07 Å². The van der Waals surface area contributed by atoms with Crippen molar-refractivity contribution in [1.82, 2.24) is 15.2 Å². The van der Waals surface area contributed by atoms with Crippen molar-refractivity contribution < 1.29 is 19.1 Å². The molecule has 2 N–H and O–H groups in total. The number of nitrogens with zero attached hydrogens (tertiary/aromatic N) is 4. The van der Waals surface area contributed by atoms with Crippen LogP contribution in [0.4, 0.5) is 14.9 Å². The second kappa shape index (κ2) is 9.36. The number of likely N-dealkylation sites (tertiary alicyclic amines) is 1. The number of nitriles is 1.